The highest BCUT2D eigenvalue weighted by molar-refractivity contribution is 5.59. The third kappa shape index (κ3) is 5.35. The summed E-state index contributed by atoms with van der Waals surface area (Å²) in [5, 5.41) is 22.1. The highest BCUT2D eigenvalue weighted by Crippen LogP contribution is 2.39. The molecule has 0 aromatic carbocycles. The standard InChI is InChI=1S/C23H18F6N8O/c1-2-21(12-38)11-37(10-13(21)9-30)20-35-18(15-4-3-5-16(33-15)22(24,25)26)34-19(36-20)32-14-6-7-31-17(8-14)23(27,28)29/h2-8,13,38H,1,10-12H2,(H,31,32,34,35,36). The molecular formula is C23H18F6N8O. The maximum Gasteiger partial charge on any atom is 0.433 e. The molecule has 2 atom stereocenters. The lowest BCUT2D eigenvalue weighted by Crippen LogP contribution is -2.32. The summed E-state index contributed by atoms with van der Waals surface area (Å²) in [5.74, 6) is -1.42. The number of aromatic nitrogens is 5. The minimum atomic E-state index is -4.75. The van der Waals surface area contributed by atoms with Crippen molar-refractivity contribution in [3.05, 3.63) is 60.6 Å². The van der Waals surface area contributed by atoms with Gasteiger partial charge in [-0.05, 0) is 24.3 Å². The molecule has 0 spiro atoms. The summed E-state index contributed by atoms with van der Waals surface area (Å²) in [6, 6.07) is 7.12. The van der Waals surface area contributed by atoms with Crippen LogP contribution in [0.15, 0.2) is 49.2 Å². The largest absolute Gasteiger partial charge is 0.433 e. The molecule has 0 aliphatic carbocycles. The molecule has 0 amide bonds. The van der Waals surface area contributed by atoms with E-state index < -0.39 is 41.7 Å². The lowest BCUT2D eigenvalue weighted by molar-refractivity contribution is -0.141. The number of rotatable bonds is 6. The molecule has 1 fully saturated rings. The van der Waals surface area contributed by atoms with Gasteiger partial charge in [0.1, 0.15) is 17.1 Å². The van der Waals surface area contributed by atoms with Crippen LogP contribution in [-0.4, -0.2) is 49.7 Å². The highest BCUT2D eigenvalue weighted by atomic mass is 19.4. The van der Waals surface area contributed by atoms with Gasteiger partial charge in [-0.15, -0.1) is 6.58 Å². The van der Waals surface area contributed by atoms with E-state index >= 15 is 0 Å². The normalized spacial score (nSPS) is 19.7. The van der Waals surface area contributed by atoms with E-state index in [0.717, 1.165) is 18.3 Å². The molecule has 1 aliphatic rings. The Morgan fingerprint density at radius 3 is 2.45 bits per heavy atom. The van der Waals surface area contributed by atoms with Gasteiger partial charge in [-0.1, -0.05) is 12.1 Å². The number of nitrogens with one attached hydrogen (secondary N) is 1. The van der Waals surface area contributed by atoms with Crippen molar-refractivity contribution in [3.8, 4) is 17.6 Å². The third-order valence-corrected chi connectivity index (χ3v) is 5.92. The first-order valence-electron chi connectivity index (χ1n) is 10.9. The molecule has 38 heavy (non-hydrogen) atoms. The van der Waals surface area contributed by atoms with E-state index in [4.69, 9.17) is 0 Å². The average Bonchev–Trinajstić information content (AvgIpc) is 3.27. The van der Waals surface area contributed by atoms with Crippen LogP contribution in [0.1, 0.15) is 11.4 Å². The highest BCUT2D eigenvalue weighted by Gasteiger charge is 2.45. The number of halogens is 6. The quantitative estimate of drug-likeness (QED) is 0.352. The predicted octanol–water partition coefficient (Wildman–Crippen LogP) is 4.23. The van der Waals surface area contributed by atoms with E-state index in [1.807, 2.05) is 0 Å². The van der Waals surface area contributed by atoms with E-state index in [1.54, 1.807) is 0 Å². The first-order chi connectivity index (χ1) is 17.9. The first kappa shape index (κ1) is 26.7. The molecular weight excluding hydrogens is 518 g/mol. The molecule has 0 radical (unpaired) electrons. The number of alkyl halides is 6. The van der Waals surface area contributed by atoms with Gasteiger partial charge in [-0.25, -0.2) is 4.98 Å². The van der Waals surface area contributed by atoms with Crippen molar-refractivity contribution < 1.29 is 31.4 Å². The Morgan fingerprint density at radius 2 is 1.84 bits per heavy atom. The van der Waals surface area contributed by atoms with Gasteiger partial charge in [-0.3, -0.25) is 4.98 Å². The summed E-state index contributed by atoms with van der Waals surface area (Å²) in [6.45, 7) is 3.35. The summed E-state index contributed by atoms with van der Waals surface area (Å²) in [6.07, 6.45) is -7.13. The van der Waals surface area contributed by atoms with Crippen molar-refractivity contribution in [2.24, 2.45) is 11.3 Å². The Balaban J connectivity index is 1.80. The van der Waals surface area contributed by atoms with Gasteiger partial charge in [-0.2, -0.15) is 46.6 Å². The van der Waals surface area contributed by atoms with Gasteiger partial charge in [0.05, 0.1) is 18.6 Å². The summed E-state index contributed by atoms with van der Waals surface area (Å²) in [5.41, 5.74) is -3.79. The van der Waals surface area contributed by atoms with E-state index in [1.165, 1.54) is 23.1 Å². The van der Waals surface area contributed by atoms with Crippen molar-refractivity contribution in [1.29, 1.82) is 5.26 Å². The second-order valence-electron chi connectivity index (χ2n) is 8.40. The van der Waals surface area contributed by atoms with Crippen molar-refractivity contribution in [2.45, 2.75) is 12.4 Å². The maximum absolute atomic E-state index is 13.3. The molecule has 3 aromatic heterocycles. The van der Waals surface area contributed by atoms with Gasteiger partial charge in [0, 0.05) is 30.4 Å². The number of hydrogen-bond acceptors (Lipinski definition) is 9. The Kier molecular flexibility index (Phi) is 6.94. The van der Waals surface area contributed by atoms with Crippen LogP contribution in [0.4, 0.5) is 43.9 Å². The van der Waals surface area contributed by atoms with Crippen molar-refractivity contribution >= 4 is 17.6 Å². The fourth-order valence-corrected chi connectivity index (χ4v) is 3.87. The van der Waals surface area contributed by atoms with Gasteiger partial charge in [0.25, 0.3) is 0 Å². The first-order valence-corrected chi connectivity index (χ1v) is 10.9. The molecule has 15 heteroatoms. The van der Waals surface area contributed by atoms with Crippen LogP contribution in [0.25, 0.3) is 11.5 Å². The van der Waals surface area contributed by atoms with E-state index in [2.05, 4.69) is 42.9 Å². The Morgan fingerprint density at radius 1 is 1.11 bits per heavy atom. The summed E-state index contributed by atoms with van der Waals surface area (Å²) in [7, 11) is 0. The summed E-state index contributed by atoms with van der Waals surface area (Å²) >= 11 is 0. The Labute approximate surface area is 211 Å². The fraction of sp³-hybridized carbons (Fsp3) is 0.304. The molecule has 4 heterocycles. The minimum absolute atomic E-state index is 0.0372. The van der Waals surface area contributed by atoms with E-state index in [0.29, 0.717) is 6.07 Å². The molecule has 1 aliphatic heterocycles. The smallest absolute Gasteiger partial charge is 0.395 e. The third-order valence-electron chi connectivity index (χ3n) is 5.92. The Hall–Kier alpha value is -4.32. The van der Waals surface area contributed by atoms with E-state index in [9.17, 15) is 36.7 Å². The van der Waals surface area contributed by atoms with Gasteiger partial charge < -0.3 is 15.3 Å². The second-order valence-corrected chi connectivity index (χ2v) is 8.40. The second kappa shape index (κ2) is 9.86. The maximum atomic E-state index is 13.3. The monoisotopic (exact) mass is 536 g/mol. The zero-order valence-electron chi connectivity index (χ0n) is 19.3. The van der Waals surface area contributed by atoms with Crippen LogP contribution in [0.5, 0.6) is 0 Å². The number of pyridine rings is 2. The fourth-order valence-electron chi connectivity index (χ4n) is 3.87. The van der Waals surface area contributed by atoms with Gasteiger partial charge >= 0.3 is 12.4 Å². The van der Waals surface area contributed by atoms with Crippen LogP contribution < -0.4 is 10.2 Å². The van der Waals surface area contributed by atoms with Crippen molar-refractivity contribution in [2.75, 3.05) is 29.9 Å². The number of aliphatic hydroxyl groups is 1. The summed E-state index contributed by atoms with van der Waals surface area (Å²) in [4.78, 5) is 20.9. The Bertz CT molecular complexity index is 1390. The van der Waals surface area contributed by atoms with Crippen LogP contribution >= 0.6 is 0 Å². The zero-order chi connectivity index (χ0) is 27.7. The number of nitriles is 1. The average molecular weight is 536 g/mol. The van der Waals surface area contributed by atoms with Crippen molar-refractivity contribution in [1.82, 2.24) is 24.9 Å². The van der Waals surface area contributed by atoms with Crippen LogP contribution in [0.2, 0.25) is 0 Å². The molecule has 0 bridgehead atoms. The minimum Gasteiger partial charge on any atom is -0.395 e. The predicted molar refractivity (Wildman–Crippen MR) is 122 cm³/mol. The molecule has 3 aromatic rings. The lowest BCUT2D eigenvalue weighted by atomic mass is 9.80. The van der Waals surface area contributed by atoms with Crippen molar-refractivity contribution in [3.63, 3.8) is 0 Å². The topological polar surface area (TPSA) is 124 Å². The molecule has 2 N–H and O–H groups in total. The molecule has 198 valence electrons. The lowest BCUT2D eigenvalue weighted by Gasteiger charge is -2.25. The molecule has 4 rings (SSSR count). The van der Waals surface area contributed by atoms with Gasteiger partial charge in [0.15, 0.2) is 5.82 Å². The number of nitrogens with zero attached hydrogens (tertiary/aromatic N) is 7. The number of aliphatic hydroxyl groups excluding tert-OH is 1. The zero-order valence-corrected chi connectivity index (χ0v) is 19.3. The van der Waals surface area contributed by atoms with Gasteiger partial charge in [0.2, 0.25) is 11.9 Å². The molecule has 1 saturated heterocycles. The number of hydrogen-bond donors (Lipinski definition) is 2. The van der Waals surface area contributed by atoms with E-state index in [-0.39, 0.29) is 42.2 Å². The van der Waals surface area contributed by atoms with Crippen LogP contribution in [-0.2, 0) is 12.4 Å². The summed E-state index contributed by atoms with van der Waals surface area (Å²) < 4.78 is 79.1. The number of anilines is 3. The SMILES string of the molecule is C=CC1(CO)CN(c2nc(Nc3ccnc(C(F)(F)F)c3)nc(-c3cccc(C(F)(F)F)n3)n2)CC1C#N. The molecule has 2 unspecified atom stereocenters. The molecule has 0 saturated carbocycles. The van der Waals surface area contributed by atoms with Crippen LogP contribution in [0, 0.1) is 22.7 Å². The molecule has 9 nitrogen and oxygen atoms in total. The van der Waals surface area contributed by atoms with Crippen LogP contribution in [0.3, 0.4) is 0 Å².